The van der Waals surface area contributed by atoms with Crippen LogP contribution in [0.4, 0.5) is 5.82 Å². The molecule has 140 valence electrons. The maximum atomic E-state index is 4.40. The highest BCUT2D eigenvalue weighted by Crippen LogP contribution is 2.24. The first-order valence-corrected chi connectivity index (χ1v) is 9.61. The lowest BCUT2D eigenvalue weighted by Gasteiger charge is -2.40. The number of fused-ring (bicyclic) bond motifs is 1. The van der Waals surface area contributed by atoms with Crippen LogP contribution in [-0.2, 0) is 6.54 Å². The van der Waals surface area contributed by atoms with Gasteiger partial charge in [-0.15, -0.1) is 10.2 Å². The Morgan fingerprint density at radius 1 is 1.00 bits per heavy atom. The van der Waals surface area contributed by atoms with Gasteiger partial charge in [0, 0.05) is 61.8 Å². The number of aromatic nitrogens is 4. The fourth-order valence-electron chi connectivity index (χ4n) is 3.69. The first-order valence-electron chi connectivity index (χ1n) is 9.61. The molecule has 0 bridgehead atoms. The average molecular weight is 370 g/mol. The van der Waals surface area contributed by atoms with Crippen LogP contribution in [0.25, 0.3) is 22.2 Å². The Bertz CT molecular complexity index is 1050. The van der Waals surface area contributed by atoms with Crippen LogP contribution in [0.5, 0.6) is 0 Å². The molecule has 1 aromatic carbocycles. The van der Waals surface area contributed by atoms with E-state index in [2.05, 4.69) is 60.7 Å². The van der Waals surface area contributed by atoms with Crippen molar-refractivity contribution in [2.75, 3.05) is 24.5 Å². The molecule has 5 rings (SSSR count). The molecule has 6 nitrogen and oxygen atoms in total. The second kappa shape index (κ2) is 7.40. The molecule has 1 fully saturated rings. The minimum atomic E-state index is 0.651. The van der Waals surface area contributed by atoms with E-state index in [9.17, 15) is 0 Å². The number of benzene rings is 1. The molecular weight excluding hydrogens is 348 g/mol. The van der Waals surface area contributed by atoms with Crippen molar-refractivity contribution in [3.05, 3.63) is 72.7 Å². The predicted molar refractivity (Wildman–Crippen MR) is 111 cm³/mol. The van der Waals surface area contributed by atoms with Gasteiger partial charge in [0.05, 0.1) is 5.69 Å². The molecule has 6 heteroatoms. The van der Waals surface area contributed by atoms with Gasteiger partial charge in [0.2, 0.25) is 0 Å². The molecule has 1 aliphatic rings. The molecule has 2 N–H and O–H groups in total. The number of aromatic amines is 1. The van der Waals surface area contributed by atoms with Crippen LogP contribution in [0, 0.1) is 5.92 Å². The Labute approximate surface area is 163 Å². The fraction of sp³-hybridized carbons (Fsp3) is 0.227. The molecule has 0 amide bonds. The number of hydrogen-bond donors (Lipinski definition) is 2. The van der Waals surface area contributed by atoms with Crippen LogP contribution in [0.2, 0.25) is 0 Å². The summed E-state index contributed by atoms with van der Waals surface area (Å²) in [6, 6.07) is 16.7. The van der Waals surface area contributed by atoms with E-state index in [0.717, 1.165) is 43.3 Å². The summed E-state index contributed by atoms with van der Waals surface area (Å²) in [4.78, 5) is 9.55. The summed E-state index contributed by atoms with van der Waals surface area (Å²) in [6.07, 6.45) is 5.53. The Morgan fingerprint density at radius 3 is 2.71 bits per heavy atom. The molecule has 0 radical (unpaired) electrons. The van der Waals surface area contributed by atoms with Crippen LogP contribution in [0.1, 0.15) is 5.56 Å². The summed E-state index contributed by atoms with van der Waals surface area (Å²) < 4.78 is 0. The van der Waals surface area contributed by atoms with Crippen LogP contribution in [-0.4, -0.2) is 39.8 Å². The molecule has 0 unspecified atom stereocenters. The number of H-pyrrole nitrogens is 1. The van der Waals surface area contributed by atoms with Crippen molar-refractivity contribution in [2.45, 2.75) is 6.54 Å². The van der Waals surface area contributed by atoms with E-state index < -0.39 is 0 Å². The first kappa shape index (κ1) is 16.9. The van der Waals surface area contributed by atoms with Gasteiger partial charge in [0.1, 0.15) is 0 Å². The third-order valence-electron chi connectivity index (χ3n) is 5.29. The van der Waals surface area contributed by atoms with E-state index in [1.807, 2.05) is 24.4 Å². The van der Waals surface area contributed by atoms with Crippen LogP contribution >= 0.6 is 0 Å². The lowest BCUT2D eigenvalue weighted by Crippen LogP contribution is -2.51. The Balaban J connectivity index is 1.10. The Hall–Kier alpha value is -3.25. The zero-order valence-corrected chi connectivity index (χ0v) is 15.5. The van der Waals surface area contributed by atoms with Crippen molar-refractivity contribution < 1.29 is 0 Å². The van der Waals surface area contributed by atoms with Crippen LogP contribution in [0.3, 0.4) is 0 Å². The van der Waals surface area contributed by atoms with Crippen molar-refractivity contribution >= 4 is 16.7 Å². The Kier molecular flexibility index (Phi) is 4.47. The molecule has 3 aromatic heterocycles. The summed E-state index contributed by atoms with van der Waals surface area (Å²) in [7, 11) is 0. The Morgan fingerprint density at radius 2 is 1.89 bits per heavy atom. The number of nitrogens with zero attached hydrogens (tertiary/aromatic N) is 4. The van der Waals surface area contributed by atoms with Crippen molar-refractivity contribution in [3.8, 4) is 11.3 Å². The van der Waals surface area contributed by atoms with Crippen molar-refractivity contribution in [2.24, 2.45) is 5.92 Å². The smallest absolute Gasteiger partial charge is 0.151 e. The fourth-order valence-corrected chi connectivity index (χ4v) is 3.69. The average Bonchev–Trinajstić information content (AvgIpc) is 3.18. The quantitative estimate of drug-likeness (QED) is 0.545. The van der Waals surface area contributed by atoms with Gasteiger partial charge in [0.25, 0.3) is 0 Å². The standard InChI is InChI=1S/C22H22N6/c1-2-20-19(7-10-25-20)11-16(1)12-24-13-17-14-28(15-17)22-4-3-21(26-27-22)18-5-8-23-9-6-18/h1-11,17,24-25H,12-15H2. The summed E-state index contributed by atoms with van der Waals surface area (Å²) in [6.45, 7) is 3.96. The van der Waals surface area contributed by atoms with Crippen molar-refractivity contribution in [3.63, 3.8) is 0 Å². The highest BCUT2D eigenvalue weighted by molar-refractivity contribution is 5.79. The van der Waals surface area contributed by atoms with Gasteiger partial charge < -0.3 is 15.2 Å². The number of anilines is 1. The number of rotatable bonds is 6. The summed E-state index contributed by atoms with van der Waals surface area (Å²) in [5.41, 5.74) is 4.43. The summed E-state index contributed by atoms with van der Waals surface area (Å²) in [5, 5.41) is 13.6. The van der Waals surface area contributed by atoms with Crippen LogP contribution in [0.15, 0.2) is 67.1 Å². The molecule has 0 atom stereocenters. The van der Waals surface area contributed by atoms with Gasteiger partial charge >= 0.3 is 0 Å². The normalized spacial score (nSPS) is 14.4. The van der Waals surface area contributed by atoms with Gasteiger partial charge in [-0.3, -0.25) is 4.98 Å². The van der Waals surface area contributed by atoms with E-state index in [1.165, 1.54) is 16.5 Å². The number of pyridine rings is 1. The summed E-state index contributed by atoms with van der Waals surface area (Å²) in [5.74, 6) is 1.60. The highest BCUT2D eigenvalue weighted by atomic mass is 15.3. The summed E-state index contributed by atoms with van der Waals surface area (Å²) >= 11 is 0. The van der Waals surface area contributed by atoms with Crippen LogP contribution < -0.4 is 10.2 Å². The predicted octanol–water partition coefficient (Wildman–Crippen LogP) is 3.25. The van der Waals surface area contributed by atoms with Gasteiger partial charge in [-0.2, -0.15) is 0 Å². The van der Waals surface area contributed by atoms with Gasteiger partial charge in [-0.25, -0.2) is 0 Å². The molecule has 0 spiro atoms. The third kappa shape index (κ3) is 3.46. The molecule has 0 aliphatic carbocycles. The van der Waals surface area contributed by atoms with E-state index in [1.54, 1.807) is 12.4 Å². The molecule has 1 saturated heterocycles. The van der Waals surface area contributed by atoms with Gasteiger partial charge in [-0.05, 0) is 53.4 Å². The third-order valence-corrected chi connectivity index (χ3v) is 5.29. The van der Waals surface area contributed by atoms with Crippen molar-refractivity contribution in [1.29, 1.82) is 0 Å². The highest BCUT2D eigenvalue weighted by Gasteiger charge is 2.27. The van der Waals surface area contributed by atoms with Crippen molar-refractivity contribution in [1.82, 2.24) is 25.5 Å². The number of hydrogen-bond acceptors (Lipinski definition) is 5. The zero-order chi connectivity index (χ0) is 18.8. The maximum absolute atomic E-state index is 4.40. The monoisotopic (exact) mass is 370 g/mol. The zero-order valence-electron chi connectivity index (χ0n) is 15.5. The minimum Gasteiger partial charge on any atom is -0.361 e. The first-order chi connectivity index (χ1) is 13.8. The topological polar surface area (TPSA) is 69.7 Å². The minimum absolute atomic E-state index is 0.651. The maximum Gasteiger partial charge on any atom is 0.151 e. The molecule has 4 heterocycles. The second-order valence-electron chi connectivity index (χ2n) is 7.31. The van der Waals surface area contributed by atoms with E-state index in [-0.39, 0.29) is 0 Å². The number of nitrogens with one attached hydrogen (secondary N) is 2. The van der Waals surface area contributed by atoms with E-state index in [4.69, 9.17) is 0 Å². The lowest BCUT2D eigenvalue weighted by molar-refractivity contribution is 0.381. The van der Waals surface area contributed by atoms with E-state index >= 15 is 0 Å². The molecule has 28 heavy (non-hydrogen) atoms. The second-order valence-corrected chi connectivity index (χ2v) is 7.31. The molecule has 0 saturated carbocycles. The largest absolute Gasteiger partial charge is 0.361 e. The molecule has 4 aromatic rings. The molecule has 1 aliphatic heterocycles. The SMILES string of the molecule is c1cc(-c2ccc(N3CC(CNCc4ccc5[nH]ccc5c4)C3)nn2)ccn1. The van der Waals surface area contributed by atoms with E-state index in [0.29, 0.717) is 5.92 Å². The molecular formula is C22H22N6. The lowest BCUT2D eigenvalue weighted by atomic mass is 10.00. The van der Waals surface area contributed by atoms with Gasteiger partial charge in [0.15, 0.2) is 5.82 Å². The van der Waals surface area contributed by atoms with Gasteiger partial charge in [-0.1, -0.05) is 6.07 Å².